The van der Waals surface area contributed by atoms with Crippen molar-refractivity contribution in [3.8, 4) is 5.75 Å². The van der Waals surface area contributed by atoms with E-state index in [0.717, 1.165) is 23.5 Å². The zero-order valence-electron chi connectivity index (χ0n) is 34.4. The van der Waals surface area contributed by atoms with Crippen LogP contribution in [-0.2, 0) is 14.6 Å². The standard InChI is InChI=1S/C43H53F4N3O5S4/c1-42(2,48-4)28-32(33-34(44)36(46)38(37(47)35(33)45)55-25-14-15-26-57-39(51)30-18-10-8-11-19-30)29-43(3,58-40(56)31-20-12-9-13-21-31)41(52)49-22-16-23-50(5,6)24-17-27-59(7,53)54/h8-13,18-21,32H,14-17,22-29H2,1-3,5-7H3/p+1. The lowest BCUT2D eigenvalue weighted by molar-refractivity contribution is -0.890. The van der Waals surface area contributed by atoms with Gasteiger partial charge in [0, 0.05) is 62.8 Å². The van der Waals surface area contributed by atoms with Crippen LogP contribution in [0, 0.1) is 29.8 Å². The molecule has 3 aromatic rings. The van der Waals surface area contributed by atoms with Crippen LogP contribution < -0.4 is 10.1 Å². The second-order valence-electron chi connectivity index (χ2n) is 16.0. The zero-order chi connectivity index (χ0) is 44.0. The third-order valence-electron chi connectivity index (χ3n) is 9.69. The van der Waals surface area contributed by atoms with Crippen molar-refractivity contribution >= 4 is 60.8 Å². The van der Waals surface area contributed by atoms with E-state index < -0.39 is 66.5 Å². The maximum Gasteiger partial charge on any atom is 0.236 e. The van der Waals surface area contributed by atoms with Crippen LogP contribution in [0.25, 0.3) is 4.85 Å². The van der Waals surface area contributed by atoms with Crippen LogP contribution in [0.1, 0.15) is 86.7 Å². The van der Waals surface area contributed by atoms with Gasteiger partial charge in [0.1, 0.15) is 9.84 Å². The minimum Gasteiger partial charge on any atom is -0.487 e. The Bertz CT molecular complexity index is 2040. The second kappa shape index (κ2) is 22.4. The molecule has 0 aliphatic carbocycles. The fraction of sp³-hybridized carbons (Fsp3) is 0.488. The third kappa shape index (κ3) is 15.8. The number of nitrogens with one attached hydrogen (secondary N) is 1. The lowest BCUT2D eigenvalue weighted by Crippen LogP contribution is -2.46. The molecule has 0 saturated heterocycles. The van der Waals surface area contributed by atoms with Crippen LogP contribution >= 0.6 is 35.7 Å². The van der Waals surface area contributed by atoms with Crippen molar-refractivity contribution in [2.24, 2.45) is 0 Å². The normalized spacial score (nSPS) is 13.6. The van der Waals surface area contributed by atoms with E-state index >= 15 is 17.6 Å². The van der Waals surface area contributed by atoms with Gasteiger partial charge < -0.3 is 19.4 Å². The van der Waals surface area contributed by atoms with Gasteiger partial charge in [-0.15, -0.1) is 0 Å². The molecule has 0 radical (unpaired) electrons. The number of ether oxygens (including phenoxy) is 1. The van der Waals surface area contributed by atoms with Gasteiger partial charge in [-0.3, -0.25) is 9.59 Å². The number of hydrogen-bond acceptors (Lipinski definition) is 8. The maximum atomic E-state index is 16.2. The number of unbranched alkanes of at least 4 members (excludes halogenated alkanes) is 1. The number of carbonyl (C=O) groups excluding carboxylic acids is 2. The van der Waals surface area contributed by atoms with Gasteiger partial charge >= 0.3 is 0 Å². The monoisotopic (exact) mass is 896 g/mol. The van der Waals surface area contributed by atoms with Crippen molar-refractivity contribution in [3.63, 3.8) is 0 Å². The van der Waals surface area contributed by atoms with Crippen molar-refractivity contribution < 1.29 is 44.8 Å². The summed E-state index contributed by atoms with van der Waals surface area (Å²) in [5.74, 6) is -9.46. The van der Waals surface area contributed by atoms with Gasteiger partial charge in [-0.25, -0.2) is 23.8 Å². The molecule has 322 valence electrons. The summed E-state index contributed by atoms with van der Waals surface area (Å²) >= 11 is 7.80. The maximum absolute atomic E-state index is 16.2. The highest BCUT2D eigenvalue weighted by Gasteiger charge is 2.44. The summed E-state index contributed by atoms with van der Waals surface area (Å²) in [6.45, 7) is 13.5. The molecule has 1 amide bonds. The first kappa shape index (κ1) is 49.9. The number of carbonyl (C=O) groups is 2. The Morgan fingerprint density at radius 3 is 1.98 bits per heavy atom. The summed E-state index contributed by atoms with van der Waals surface area (Å²) in [4.78, 5) is 30.1. The molecule has 59 heavy (non-hydrogen) atoms. The van der Waals surface area contributed by atoms with Gasteiger partial charge in [-0.05, 0) is 37.7 Å². The van der Waals surface area contributed by atoms with E-state index in [0.29, 0.717) is 57.9 Å². The van der Waals surface area contributed by atoms with Gasteiger partial charge in [0.15, 0.2) is 17.4 Å². The smallest absolute Gasteiger partial charge is 0.236 e. The van der Waals surface area contributed by atoms with E-state index in [1.165, 1.54) is 20.1 Å². The number of rotatable bonds is 23. The lowest BCUT2D eigenvalue weighted by Gasteiger charge is -2.34. The fourth-order valence-corrected chi connectivity index (χ4v) is 9.78. The van der Waals surface area contributed by atoms with Gasteiger partial charge in [-0.1, -0.05) is 96.4 Å². The molecule has 0 saturated carbocycles. The van der Waals surface area contributed by atoms with Crippen LogP contribution in [0.2, 0.25) is 0 Å². The van der Waals surface area contributed by atoms with Gasteiger partial charge in [0.25, 0.3) is 0 Å². The average Bonchev–Trinajstić information content (AvgIpc) is 3.17. The number of amides is 1. The van der Waals surface area contributed by atoms with Gasteiger partial charge in [0.2, 0.25) is 28.2 Å². The molecule has 8 nitrogen and oxygen atoms in total. The number of quaternary nitrogens is 1. The van der Waals surface area contributed by atoms with E-state index in [1.807, 2.05) is 14.1 Å². The highest BCUT2D eigenvalue weighted by Crippen LogP contribution is 2.45. The van der Waals surface area contributed by atoms with Crippen LogP contribution in [-0.4, -0.2) is 96.5 Å². The minimum absolute atomic E-state index is 0.0673. The van der Waals surface area contributed by atoms with Crippen LogP contribution in [0.5, 0.6) is 5.75 Å². The van der Waals surface area contributed by atoms with Crippen molar-refractivity contribution in [3.05, 3.63) is 112 Å². The summed E-state index contributed by atoms with van der Waals surface area (Å²) < 4.78 is 91.6. The largest absolute Gasteiger partial charge is 0.487 e. The summed E-state index contributed by atoms with van der Waals surface area (Å²) in [6.07, 6.45) is 2.24. The van der Waals surface area contributed by atoms with Crippen molar-refractivity contribution in [2.45, 2.75) is 75.5 Å². The number of hydrogen-bond donors (Lipinski definition) is 1. The van der Waals surface area contributed by atoms with Crippen molar-refractivity contribution in [2.75, 3.05) is 58.1 Å². The first-order valence-electron chi connectivity index (χ1n) is 19.3. The van der Waals surface area contributed by atoms with E-state index in [2.05, 4.69) is 10.2 Å². The van der Waals surface area contributed by atoms with Crippen LogP contribution in [0.15, 0.2) is 60.7 Å². The molecule has 0 aliphatic heterocycles. The molecule has 0 aromatic heterocycles. The summed E-state index contributed by atoms with van der Waals surface area (Å²) in [6, 6.07) is 17.5. The van der Waals surface area contributed by atoms with Gasteiger partial charge in [-0.2, -0.15) is 8.78 Å². The van der Waals surface area contributed by atoms with E-state index in [4.69, 9.17) is 23.5 Å². The molecular formula is C43H54F4N3O5S4+. The number of thiocarbonyl (C=S) groups is 1. The Morgan fingerprint density at radius 2 is 1.42 bits per heavy atom. The predicted octanol–water partition coefficient (Wildman–Crippen LogP) is 9.42. The summed E-state index contributed by atoms with van der Waals surface area (Å²) in [7, 11) is 0.816. The average molecular weight is 897 g/mol. The topological polar surface area (TPSA) is 93.9 Å². The molecule has 0 bridgehead atoms. The Hall–Kier alpha value is -3.49. The minimum atomic E-state index is -3.10. The quantitative estimate of drug-likeness (QED) is 0.0252. The molecule has 3 rings (SSSR count). The first-order chi connectivity index (χ1) is 27.6. The van der Waals surface area contributed by atoms with Gasteiger partial charge in [0.05, 0.1) is 48.5 Å². The first-order valence-corrected chi connectivity index (χ1v) is 23.5. The molecule has 2 unspecified atom stereocenters. The Morgan fingerprint density at radius 1 is 0.864 bits per heavy atom. The molecule has 1 N–H and O–H groups in total. The number of nitrogens with zero attached hydrogens (tertiary/aromatic N) is 2. The molecule has 0 spiro atoms. The lowest BCUT2D eigenvalue weighted by atomic mass is 9.79. The molecule has 0 heterocycles. The highest BCUT2D eigenvalue weighted by atomic mass is 32.2. The Kier molecular flexibility index (Phi) is 18.9. The summed E-state index contributed by atoms with van der Waals surface area (Å²) in [5.41, 5.74) is -1.03. The SMILES string of the molecule is [C-]#[N+]C(C)(C)CC(CC(C)(SC(=S)c1ccccc1)C(=O)NCCC[N+](C)(C)CCCS(C)(=O)=O)c1c(F)c(F)c(OCCCCSC(=O)c2ccccc2)c(F)c1F. The zero-order valence-corrected chi connectivity index (χ0v) is 37.7. The van der Waals surface area contributed by atoms with Crippen LogP contribution in [0.3, 0.4) is 0 Å². The number of halogens is 4. The Balaban J connectivity index is 1.86. The van der Waals surface area contributed by atoms with Crippen LogP contribution in [0.4, 0.5) is 17.6 Å². The molecule has 0 aliphatic rings. The molecule has 2 atom stereocenters. The van der Waals surface area contributed by atoms with E-state index in [1.54, 1.807) is 67.6 Å². The number of sulfone groups is 1. The predicted molar refractivity (Wildman–Crippen MR) is 235 cm³/mol. The number of thioether (sulfide) groups is 2. The molecular weight excluding hydrogens is 843 g/mol. The third-order valence-corrected chi connectivity index (χ3v) is 13.4. The van der Waals surface area contributed by atoms with E-state index in [-0.39, 0.29) is 43.3 Å². The summed E-state index contributed by atoms with van der Waals surface area (Å²) in [5, 5.41) is 2.79. The number of benzene rings is 3. The molecule has 3 aromatic carbocycles. The van der Waals surface area contributed by atoms with E-state index in [9.17, 15) is 18.0 Å². The van der Waals surface area contributed by atoms with Crippen molar-refractivity contribution in [1.82, 2.24) is 5.32 Å². The second-order valence-corrected chi connectivity index (χ2v) is 21.6. The fourth-order valence-electron chi connectivity index (χ4n) is 6.49. The highest BCUT2D eigenvalue weighted by molar-refractivity contribution is 8.25. The van der Waals surface area contributed by atoms with Crippen molar-refractivity contribution in [1.29, 1.82) is 0 Å². The molecule has 0 fully saturated rings. The molecule has 16 heteroatoms. The Labute approximate surface area is 360 Å².